The van der Waals surface area contributed by atoms with Crippen molar-refractivity contribution in [1.29, 1.82) is 0 Å². The van der Waals surface area contributed by atoms with Crippen LogP contribution in [0.15, 0.2) is 24.3 Å². The Hall–Kier alpha value is -1.23. The van der Waals surface area contributed by atoms with Crippen LogP contribution in [0.4, 0.5) is 0 Å². The van der Waals surface area contributed by atoms with Gasteiger partial charge in [0.05, 0.1) is 6.61 Å². The van der Waals surface area contributed by atoms with E-state index in [4.69, 9.17) is 18.9 Å². The van der Waals surface area contributed by atoms with E-state index >= 15 is 0 Å². The summed E-state index contributed by atoms with van der Waals surface area (Å²) in [5, 5.41) is 0. The molecule has 0 aromatic heterocycles. The highest BCUT2D eigenvalue weighted by molar-refractivity contribution is 7.24. The number of hydrogen-bond acceptors (Lipinski definition) is 6. The quantitative estimate of drug-likeness (QED) is 0.0310. The first-order chi connectivity index (χ1) is 22.6. The van der Waals surface area contributed by atoms with Gasteiger partial charge in [0.2, 0.25) is 0 Å². The lowest BCUT2D eigenvalue weighted by atomic mass is 10.1. The zero-order chi connectivity index (χ0) is 33.6. The molecule has 2 atom stereocenters. The second kappa shape index (κ2) is 38.2. The third kappa shape index (κ3) is 35.6. The molecule has 0 bridgehead atoms. The molecule has 0 aromatic carbocycles. The number of unbranched alkanes of at least 4 members (excludes halogenated alkanes) is 22. The summed E-state index contributed by atoms with van der Waals surface area (Å²) in [6.07, 6.45) is 40.9. The lowest BCUT2D eigenvalue weighted by Gasteiger charge is -2.17. The van der Waals surface area contributed by atoms with Crippen LogP contribution in [0.3, 0.4) is 0 Å². The molecule has 6 nitrogen and oxygen atoms in total. The van der Waals surface area contributed by atoms with Crippen molar-refractivity contribution in [2.24, 2.45) is 0 Å². The minimum atomic E-state index is -0.697. The van der Waals surface area contributed by atoms with Gasteiger partial charge in [0.15, 0.2) is 15.1 Å². The van der Waals surface area contributed by atoms with Crippen LogP contribution in [0, 0.1) is 0 Å². The summed E-state index contributed by atoms with van der Waals surface area (Å²) in [5.74, 6) is -0.580. The van der Waals surface area contributed by atoms with Crippen molar-refractivity contribution in [3.63, 3.8) is 0 Å². The molecule has 0 aliphatic rings. The molecule has 1 N–H and O–H groups in total. The van der Waals surface area contributed by atoms with Gasteiger partial charge in [-0.3, -0.25) is 9.59 Å². The molecule has 1 unspecified atom stereocenters. The van der Waals surface area contributed by atoms with Crippen LogP contribution < -0.4 is 0 Å². The molecule has 46 heavy (non-hydrogen) atoms. The maximum atomic E-state index is 12.3. The van der Waals surface area contributed by atoms with Crippen molar-refractivity contribution in [3.05, 3.63) is 24.3 Å². The molecular weight excluding hydrogens is 595 g/mol. The van der Waals surface area contributed by atoms with Gasteiger partial charge < -0.3 is 18.9 Å². The monoisotopic (exact) mass is 669 g/mol. The predicted octanol–water partition coefficient (Wildman–Crippen LogP) is 12.0. The molecule has 0 saturated heterocycles. The second-order valence-corrected chi connectivity index (χ2v) is 13.3. The van der Waals surface area contributed by atoms with Crippen molar-refractivity contribution in [2.75, 3.05) is 13.2 Å². The third-order valence-electron chi connectivity index (χ3n) is 8.35. The molecule has 0 heterocycles. The van der Waals surface area contributed by atoms with Gasteiger partial charge in [0.25, 0.3) is 0 Å². The minimum absolute atomic E-state index is 0.0216. The van der Waals surface area contributed by atoms with E-state index in [-0.39, 0.29) is 25.2 Å². The summed E-state index contributed by atoms with van der Waals surface area (Å²) in [6.45, 7) is 4.50. The van der Waals surface area contributed by atoms with E-state index in [0.29, 0.717) is 12.8 Å². The summed E-state index contributed by atoms with van der Waals surface area (Å²) in [4.78, 5) is 33.6. The number of ether oxygens (including phenoxy) is 2. The lowest BCUT2D eigenvalue weighted by Crippen LogP contribution is -2.29. The fourth-order valence-electron chi connectivity index (χ4n) is 5.43. The van der Waals surface area contributed by atoms with Crippen molar-refractivity contribution in [1.82, 2.24) is 0 Å². The van der Waals surface area contributed by atoms with Gasteiger partial charge in [-0.25, -0.2) is 0 Å². The van der Waals surface area contributed by atoms with Crippen molar-refractivity contribution in [3.8, 4) is 0 Å². The molecule has 270 valence electrons. The fourth-order valence-corrected chi connectivity index (χ4v) is 5.69. The van der Waals surface area contributed by atoms with E-state index in [1.165, 1.54) is 116 Å². The number of allylic oxidation sites excluding steroid dienone is 4. The molecule has 0 amide bonds. The molecule has 7 heteroatoms. The van der Waals surface area contributed by atoms with Crippen LogP contribution in [0.5, 0.6) is 0 Å². The van der Waals surface area contributed by atoms with Crippen molar-refractivity contribution in [2.45, 2.75) is 200 Å². The first-order valence-electron chi connectivity index (χ1n) is 19.3. The standard InChI is InChI=1S/C39H73O6P/c1-3-5-7-9-11-13-15-17-19-21-23-25-27-29-31-33-38(40)43-35-37(36-44-46-42)45-39(41)34-32-30-28-26-24-22-20-18-16-14-12-10-8-6-4-2/h17-20,37,42,46H,3-16,21-36H2,1-2H3/b19-17-,20-18-/t37-/m1/s1. The average Bonchev–Trinajstić information content (AvgIpc) is 3.05. The Morgan fingerprint density at radius 3 is 1.30 bits per heavy atom. The van der Waals surface area contributed by atoms with E-state index in [0.717, 1.165) is 51.4 Å². The molecule has 0 aliphatic carbocycles. The van der Waals surface area contributed by atoms with Gasteiger partial charge in [0.1, 0.15) is 6.61 Å². The zero-order valence-electron chi connectivity index (χ0n) is 30.1. The maximum Gasteiger partial charge on any atom is 0.306 e. The number of rotatable bonds is 36. The Morgan fingerprint density at radius 2 is 0.891 bits per heavy atom. The van der Waals surface area contributed by atoms with E-state index in [1.54, 1.807) is 0 Å². The first kappa shape index (κ1) is 44.8. The third-order valence-corrected chi connectivity index (χ3v) is 8.64. The summed E-state index contributed by atoms with van der Waals surface area (Å²) in [5.41, 5.74) is 0. The van der Waals surface area contributed by atoms with Gasteiger partial charge in [0, 0.05) is 12.8 Å². The SMILES string of the molecule is CCCCCCCC/C=C\CCCCCCCC(=O)OC[C@H](COPO)OC(=O)CCCCCCC/C=C\CCCCCCCC. The molecule has 0 saturated carbocycles. The Kier molecular flexibility index (Phi) is 37.2. The molecule has 0 aliphatic heterocycles. The fraction of sp³-hybridized carbons (Fsp3) is 0.846. The number of carbonyl (C=O) groups is 2. The molecule has 0 rings (SSSR count). The summed E-state index contributed by atoms with van der Waals surface area (Å²) in [6, 6.07) is 0. The molecule has 0 aromatic rings. The normalized spacial score (nSPS) is 12.6. The average molecular weight is 669 g/mol. The Balaban J connectivity index is 3.77. The van der Waals surface area contributed by atoms with Crippen molar-refractivity contribution < 1.29 is 28.5 Å². The predicted molar refractivity (Wildman–Crippen MR) is 196 cm³/mol. The van der Waals surface area contributed by atoms with Crippen molar-refractivity contribution >= 4 is 21.0 Å². The molecule has 0 fully saturated rings. The highest BCUT2D eigenvalue weighted by Crippen LogP contribution is 2.14. The summed E-state index contributed by atoms with van der Waals surface area (Å²) in [7, 11) is -0.697. The highest BCUT2D eigenvalue weighted by Gasteiger charge is 2.17. The lowest BCUT2D eigenvalue weighted by molar-refractivity contribution is -0.161. The van der Waals surface area contributed by atoms with E-state index < -0.39 is 15.1 Å². The van der Waals surface area contributed by atoms with Crippen LogP contribution in [0.2, 0.25) is 0 Å². The van der Waals surface area contributed by atoms with E-state index in [9.17, 15) is 9.59 Å². The van der Waals surface area contributed by atoms with Gasteiger partial charge in [-0.05, 0) is 64.2 Å². The Morgan fingerprint density at radius 1 is 0.522 bits per heavy atom. The van der Waals surface area contributed by atoms with Gasteiger partial charge >= 0.3 is 11.9 Å². The topological polar surface area (TPSA) is 82.1 Å². The van der Waals surface area contributed by atoms with Gasteiger partial charge in [-0.1, -0.05) is 141 Å². The van der Waals surface area contributed by atoms with Crippen LogP contribution in [-0.4, -0.2) is 36.1 Å². The van der Waals surface area contributed by atoms with Crippen LogP contribution in [0.1, 0.15) is 194 Å². The van der Waals surface area contributed by atoms with Crippen LogP contribution in [-0.2, 0) is 23.6 Å². The second-order valence-electron chi connectivity index (χ2n) is 12.9. The largest absolute Gasteiger partial charge is 0.462 e. The van der Waals surface area contributed by atoms with Gasteiger partial charge in [-0.2, -0.15) is 0 Å². The zero-order valence-corrected chi connectivity index (χ0v) is 31.1. The smallest absolute Gasteiger partial charge is 0.306 e. The first-order valence-corrected chi connectivity index (χ1v) is 20.2. The highest BCUT2D eigenvalue weighted by atomic mass is 31.1. The number of esters is 2. The molecule has 0 radical (unpaired) electrons. The van der Waals surface area contributed by atoms with Gasteiger partial charge in [-0.15, -0.1) is 0 Å². The number of carbonyl (C=O) groups excluding carboxylic acids is 2. The van der Waals surface area contributed by atoms with Crippen LogP contribution >= 0.6 is 9.03 Å². The summed E-state index contributed by atoms with van der Waals surface area (Å²) < 4.78 is 15.9. The molecule has 0 spiro atoms. The minimum Gasteiger partial charge on any atom is -0.462 e. The van der Waals surface area contributed by atoms with E-state index in [1.807, 2.05) is 0 Å². The van der Waals surface area contributed by atoms with Crippen LogP contribution in [0.25, 0.3) is 0 Å². The maximum absolute atomic E-state index is 12.3. The number of hydrogen-bond donors (Lipinski definition) is 1. The summed E-state index contributed by atoms with van der Waals surface area (Å²) >= 11 is 0. The van der Waals surface area contributed by atoms with E-state index in [2.05, 4.69) is 38.2 Å². The Labute approximate surface area is 286 Å². The Bertz CT molecular complexity index is 711. The molecular formula is C39H73O6P.